The van der Waals surface area contributed by atoms with Crippen molar-refractivity contribution in [3.8, 4) is 0 Å². The third kappa shape index (κ3) is 2.96. The van der Waals surface area contributed by atoms with E-state index in [1.54, 1.807) is 0 Å². The van der Waals surface area contributed by atoms with E-state index in [2.05, 4.69) is 9.89 Å². The van der Waals surface area contributed by atoms with Gasteiger partial charge in [-0.2, -0.15) is 13.2 Å². The zero-order chi connectivity index (χ0) is 13.1. The molecule has 0 radical (unpaired) electrons. The lowest BCUT2D eigenvalue weighted by Gasteiger charge is -2.08. The van der Waals surface area contributed by atoms with Gasteiger partial charge in [0, 0.05) is 5.56 Å². The summed E-state index contributed by atoms with van der Waals surface area (Å²) in [5.41, 5.74) is -1.70. The van der Waals surface area contributed by atoms with Crippen LogP contribution in [-0.2, 0) is 15.7 Å². The van der Waals surface area contributed by atoms with Crippen molar-refractivity contribution in [1.82, 2.24) is 0 Å². The molecular weight excluding hydrogens is 239 g/mol. The van der Waals surface area contributed by atoms with Crippen LogP contribution in [0.4, 0.5) is 13.2 Å². The van der Waals surface area contributed by atoms with Crippen LogP contribution in [0.2, 0.25) is 0 Å². The quantitative estimate of drug-likeness (QED) is 0.376. The van der Waals surface area contributed by atoms with Crippen LogP contribution in [0.5, 0.6) is 0 Å². The lowest BCUT2D eigenvalue weighted by atomic mass is 10.1. The minimum atomic E-state index is -4.54. The summed E-state index contributed by atoms with van der Waals surface area (Å²) in [5.74, 6) is -1.02. The normalized spacial score (nSPS) is 12.4. The van der Waals surface area contributed by atoms with Crippen LogP contribution in [-0.4, -0.2) is 24.0 Å². The molecule has 0 spiro atoms. The second-order valence-electron chi connectivity index (χ2n) is 3.02. The van der Waals surface area contributed by atoms with Gasteiger partial charge in [0.15, 0.2) is 5.71 Å². The van der Waals surface area contributed by atoms with Gasteiger partial charge >= 0.3 is 12.1 Å². The van der Waals surface area contributed by atoms with E-state index < -0.39 is 23.4 Å². The van der Waals surface area contributed by atoms with Crippen LogP contribution in [0.15, 0.2) is 29.4 Å². The second kappa shape index (κ2) is 4.86. The van der Waals surface area contributed by atoms with Crippen LogP contribution < -0.4 is 0 Å². The largest absolute Gasteiger partial charge is 0.464 e. The first kappa shape index (κ1) is 13.0. The highest BCUT2D eigenvalue weighted by molar-refractivity contribution is 6.43. The number of hydrogen-bond donors (Lipinski definition) is 1. The van der Waals surface area contributed by atoms with Crippen molar-refractivity contribution >= 4 is 11.7 Å². The first-order chi connectivity index (χ1) is 7.90. The minimum absolute atomic E-state index is 0.172. The number of rotatable bonds is 2. The third-order valence-corrected chi connectivity index (χ3v) is 1.94. The zero-order valence-corrected chi connectivity index (χ0v) is 8.65. The highest BCUT2D eigenvalue weighted by atomic mass is 19.4. The molecule has 0 aliphatic rings. The molecular formula is C10H8F3NO3. The Morgan fingerprint density at radius 1 is 1.41 bits per heavy atom. The number of carbonyl (C=O) groups is 1. The number of methoxy groups -OCH3 is 1. The molecule has 0 unspecified atom stereocenters. The second-order valence-corrected chi connectivity index (χ2v) is 3.02. The Kier molecular flexibility index (Phi) is 3.72. The summed E-state index contributed by atoms with van der Waals surface area (Å²) < 4.78 is 41.5. The molecule has 7 heteroatoms. The van der Waals surface area contributed by atoms with Gasteiger partial charge < -0.3 is 9.94 Å². The molecule has 0 saturated heterocycles. The number of halogens is 3. The number of benzene rings is 1. The van der Waals surface area contributed by atoms with Crippen LogP contribution in [0.25, 0.3) is 0 Å². The van der Waals surface area contributed by atoms with Gasteiger partial charge in [-0.25, -0.2) is 4.79 Å². The van der Waals surface area contributed by atoms with Crippen LogP contribution >= 0.6 is 0 Å². The zero-order valence-electron chi connectivity index (χ0n) is 8.65. The highest BCUT2D eigenvalue weighted by Crippen LogP contribution is 2.29. The van der Waals surface area contributed by atoms with Crippen LogP contribution in [0.3, 0.4) is 0 Å². The molecule has 0 aromatic heterocycles. The van der Waals surface area contributed by atoms with E-state index in [9.17, 15) is 18.0 Å². The molecule has 0 fully saturated rings. The molecule has 0 saturated carbocycles. The highest BCUT2D eigenvalue weighted by Gasteiger charge is 2.31. The number of ether oxygens (including phenoxy) is 1. The molecule has 0 bridgehead atoms. The molecule has 1 aromatic rings. The van der Waals surface area contributed by atoms with Gasteiger partial charge in [0.1, 0.15) is 0 Å². The fourth-order valence-corrected chi connectivity index (χ4v) is 1.16. The average molecular weight is 247 g/mol. The summed E-state index contributed by atoms with van der Waals surface area (Å²) in [6.45, 7) is 0. The maximum absolute atomic E-state index is 12.4. The number of hydrogen-bond acceptors (Lipinski definition) is 4. The van der Waals surface area contributed by atoms with E-state index in [0.717, 1.165) is 19.2 Å². The Morgan fingerprint density at radius 3 is 2.53 bits per heavy atom. The standard InChI is InChI=1S/C10H8F3NO3/c1-17-9(15)8(14-16)6-3-2-4-7(5-6)10(11,12)13/h2-5,16H,1H3/b14-8-. The van der Waals surface area contributed by atoms with Crippen molar-refractivity contribution in [1.29, 1.82) is 0 Å². The van der Waals surface area contributed by atoms with E-state index in [0.29, 0.717) is 6.07 Å². The van der Waals surface area contributed by atoms with Gasteiger partial charge in [-0.1, -0.05) is 17.3 Å². The Balaban J connectivity index is 3.20. The molecule has 0 heterocycles. The van der Waals surface area contributed by atoms with Gasteiger partial charge in [-0.3, -0.25) is 0 Å². The topological polar surface area (TPSA) is 58.9 Å². The Labute approximate surface area is 94.3 Å². The van der Waals surface area contributed by atoms with Crippen LogP contribution in [0.1, 0.15) is 11.1 Å². The Morgan fingerprint density at radius 2 is 2.06 bits per heavy atom. The van der Waals surface area contributed by atoms with Gasteiger partial charge in [0.05, 0.1) is 12.7 Å². The van der Waals surface area contributed by atoms with Crippen molar-refractivity contribution < 1.29 is 27.9 Å². The van der Waals surface area contributed by atoms with Crippen molar-refractivity contribution in [2.75, 3.05) is 7.11 Å². The van der Waals surface area contributed by atoms with Gasteiger partial charge in [-0.15, -0.1) is 0 Å². The fraction of sp³-hybridized carbons (Fsp3) is 0.200. The lowest BCUT2D eigenvalue weighted by Crippen LogP contribution is -2.18. The minimum Gasteiger partial charge on any atom is -0.464 e. The maximum Gasteiger partial charge on any atom is 0.416 e. The molecule has 1 rings (SSSR count). The molecule has 92 valence electrons. The first-order valence-electron chi connectivity index (χ1n) is 4.38. The lowest BCUT2D eigenvalue weighted by molar-refractivity contribution is -0.137. The summed E-state index contributed by atoms with van der Waals surface area (Å²) in [5, 5.41) is 11.2. The SMILES string of the molecule is COC(=O)/C(=N\O)c1cccc(C(F)(F)F)c1. The number of carbonyl (C=O) groups excluding carboxylic acids is 1. The van der Waals surface area contributed by atoms with Crippen molar-refractivity contribution in [2.45, 2.75) is 6.18 Å². The molecule has 0 amide bonds. The summed E-state index contributed by atoms with van der Waals surface area (Å²) in [6, 6.07) is 3.86. The van der Waals surface area contributed by atoms with E-state index in [1.165, 1.54) is 6.07 Å². The predicted molar refractivity (Wildman–Crippen MR) is 51.8 cm³/mol. The number of oxime groups is 1. The molecule has 0 aliphatic carbocycles. The molecule has 0 atom stereocenters. The Hall–Kier alpha value is -2.05. The van der Waals surface area contributed by atoms with Gasteiger partial charge in [0.2, 0.25) is 0 Å². The summed E-state index contributed by atoms with van der Waals surface area (Å²) in [6.07, 6.45) is -4.54. The smallest absolute Gasteiger partial charge is 0.416 e. The Bertz CT molecular complexity index is 454. The molecule has 1 N–H and O–H groups in total. The van der Waals surface area contributed by atoms with E-state index in [4.69, 9.17) is 5.21 Å². The van der Waals surface area contributed by atoms with Crippen molar-refractivity contribution in [3.05, 3.63) is 35.4 Å². The van der Waals surface area contributed by atoms with Crippen molar-refractivity contribution in [2.24, 2.45) is 5.16 Å². The monoisotopic (exact) mass is 247 g/mol. The van der Waals surface area contributed by atoms with Crippen LogP contribution in [0, 0.1) is 0 Å². The average Bonchev–Trinajstić information content (AvgIpc) is 2.29. The fourth-order valence-electron chi connectivity index (χ4n) is 1.16. The number of esters is 1. The van der Waals surface area contributed by atoms with E-state index >= 15 is 0 Å². The predicted octanol–water partition coefficient (Wildman–Crippen LogP) is 2.06. The third-order valence-electron chi connectivity index (χ3n) is 1.94. The van der Waals surface area contributed by atoms with Gasteiger partial charge in [-0.05, 0) is 12.1 Å². The van der Waals surface area contributed by atoms with E-state index in [-0.39, 0.29) is 5.56 Å². The molecule has 0 aliphatic heterocycles. The molecule has 1 aromatic carbocycles. The van der Waals surface area contributed by atoms with E-state index in [1.807, 2.05) is 0 Å². The maximum atomic E-state index is 12.4. The summed E-state index contributed by atoms with van der Waals surface area (Å²) in [7, 11) is 1.03. The first-order valence-corrected chi connectivity index (χ1v) is 4.38. The van der Waals surface area contributed by atoms with Gasteiger partial charge in [0.25, 0.3) is 0 Å². The summed E-state index contributed by atoms with van der Waals surface area (Å²) >= 11 is 0. The number of nitrogens with zero attached hydrogens (tertiary/aromatic N) is 1. The van der Waals surface area contributed by atoms with Crippen molar-refractivity contribution in [3.63, 3.8) is 0 Å². The molecule has 4 nitrogen and oxygen atoms in total. The molecule has 17 heavy (non-hydrogen) atoms. The summed E-state index contributed by atoms with van der Waals surface area (Å²) in [4.78, 5) is 11.1. The number of alkyl halides is 3.